The number of ether oxygens (including phenoxy) is 1. The zero-order valence-electron chi connectivity index (χ0n) is 12.6. The van der Waals surface area contributed by atoms with Crippen LogP contribution in [0.15, 0.2) is 0 Å². The van der Waals surface area contributed by atoms with Crippen molar-refractivity contribution in [3.63, 3.8) is 0 Å². The van der Waals surface area contributed by atoms with E-state index in [0.717, 1.165) is 19.4 Å². The van der Waals surface area contributed by atoms with Crippen LogP contribution in [-0.4, -0.2) is 53.3 Å². The first-order chi connectivity index (χ1) is 9.49. The van der Waals surface area contributed by atoms with Crippen molar-refractivity contribution in [2.45, 2.75) is 58.1 Å². The summed E-state index contributed by atoms with van der Waals surface area (Å²) in [5.41, 5.74) is -1.18. The molecule has 6 heteroatoms. The number of likely N-dealkylation sites (N-methyl/N-ethyl adjacent to an activating group) is 1. The Bertz CT molecular complexity index is 336. The molecule has 1 aliphatic rings. The second-order valence-corrected chi connectivity index (χ2v) is 5.20. The first-order valence-corrected chi connectivity index (χ1v) is 7.41. The van der Waals surface area contributed by atoms with E-state index in [4.69, 9.17) is 4.74 Å². The fourth-order valence-electron chi connectivity index (χ4n) is 2.46. The third-order valence-corrected chi connectivity index (χ3v) is 4.08. The minimum atomic E-state index is -1.18. The minimum Gasteiger partial charge on any atom is -0.480 e. The molecule has 1 unspecified atom stereocenters. The molecule has 0 aromatic heterocycles. The number of nitrogens with one attached hydrogen (secondary N) is 1. The standard InChI is InChI=1S/C14H26N2O4/c1-4-14(5-2,12(17)18)15-13(19)16(6-3)10-11-8-7-9-20-11/h11H,4-10H2,1-3H3,(H,15,19)(H,17,18). The predicted octanol–water partition coefficient (Wildman–Crippen LogP) is 1.84. The van der Waals surface area contributed by atoms with Gasteiger partial charge in [-0.25, -0.2) is 9.59 Å². The van der Waals surface area contributed by atoms with Gasteiger partial charge in [-0.05, 0) is 32.6 Å². The maximum absolute atomic E-state index is 12.3. The van der Waals surface area contributed by atoms with E-state index in [2.05, 4.69) is 5.32 Å². The molecule has 116 valence electrons. The molecule has 0 spiro atoms. The van der Waals surface area contributed by atoms with Gasteiger partial charge in [0.25, 0.3) is 0 Å². The predicted molar refractivity (Wildman–Crippen MR) is 75.7 cm³/mol. The molecule has 6 nitrogen and oxygen atoms in total. The lowest BCUT2D eigenvalue weighted by Crippen LogP contribution is -2.58. The van der Waals surface area contributed by atoms with E-state index < -0.39 is 11.5 Å². The van der Waals surface area contributed by atoms with Crippen molar-refractivity contribution in [3.8, 4) is 0 Å². The molecule has 1 fully saturated rings. The van der Waals surface area contributed by atoms with E-state index in [-0.39, 0.29) is 12.1 Å². The van der Waals surface area contributed by atoms with Gasteiger partial charge in [-0.1, -0.05) is 13.8 Å². The summed E-state index contributed by atoms with van der Waals surface area (Å²) in [4.78, 5) is 25.3. The fourth-order valence-corrected chi connectivity index (χ4v) is 2.46. The van der Waals surface area contributed by atoms with Crippen molar-refractivity contribution in [1.29, 1.82) is 0 Å². The Kier molecular flexibility index (Phi) is 6.26. The largest absolute Gasteiger partial charge is 0.480 e. The summed E-state index contributed by atoms with van der Waals surface area (Å²) < 4.78 is 5.53. The van der Waals surface area contributed by atoms with Crippen molar-refractivity contribution in [1.82, 2.24) is 10.2 Å². The molecule has 0 aromatic carbocycles. The van der Waals surface area contributed by atoms with Crippen LogP contribution < -0.4 is 5.32 Å². The molecule has 0 saturated carbocycles. The van der Waals surface area contributed by atoms with E-state index in [9.17, 15) is 14.7 Å². The molecule has 0 radical (unpaired) electrons. The SMILES string of the molecule is CCN(CC1CCCO1)C(=O)NC(CC)(CC)C(=O)O. The Hall–Kier alpha value is -1.30. The zero-order valence-corrected chi connectivity index (χ0v) is 12.6. The van der Waals surface area contributed by atoms with Crippen LogP contribution in [0.4, 0.5) is 4.79 Å². The second-order valence-electron chi connectivity index (χ2n) is 5.20. The van der Waals surface area contributed by atoms with E-state index in [1.165, 1.54) is 0 Å². The minimum absolute atomic E-state index is 0.0724. The van der Waals surface area contributed by atoms with Crippen LogP contribution in [0.5, 0.6) is 0 Å². The van der Waals surface area contributed by atoms with Gasteiger partial charge in [-0.2, -0.15) is 0 Å². The lowest BCUT2D eigenvalue weighted by molar-refractivity contribution is -0.144. The molecule has 0 bridgehead atoms. The Labute approximate surface area is 120 Å². The van der Waals surface area contributed by atoms with Gasteiger partial charge in [0.1, 0.15) is 5.54 Å². The lowest BCUT2D eigenvalue weighted by Gasteiger charge is -2.32. The highest BCUT2D eigenvalue weighted by atomic mass is 16.5. The van der Waals surface area contributed by atoms with Crippen LogP contribution in [0.25, 0.3) is 0 Å². The number of carbonyl (C=O) groups is 2. The Balaban J connectivity index is 2.67. The van der Waals surface area contributed by atoms with Gasteiger partial charge in [-0.15, -0.1) is 0 Å². The van der Waals surface area contributed by atoms with Crippen LogP contribution in [-0.2, 0) is 9.53 Å². The Morgan fingerprint density at radius 1 is 1.35 bits per heavy atom. The summed E-state index contributed by atoms with van der Waals surface area (Å²) in [6, 6.07) is -0.325. The van der Waals surface area contributed by atoms with E-state index in [1.54, 1.807) is 18.7 Å². The number of carboxylic acid groups (broad SMARTS) is 1. The molecule has 0 aliphatic carbocycles. The van der Waals surface area contributed by atoms with Gasteiger partial charge in [-0.3, -0.25) is 0 Å². The highest BCUT2D eigenvalue weighted by Crippen LogP contribution is 2.17. The molecule has 1 atom stereocenters. The fraction of sp³-hybridized carbons (Fsp3) is 0.857. The summed E-state index contributed by atoms with van der Waals surface area (Å²) >= 11 is 0. The molecular weight excluding hydrogens is 260 g/mol. The highest BCUT2D eigenvalue weighted by Gasteiger charge is 2.37. The van der Waals surface area contributed by atoms with Gasteiger partial charge >= 0.3 is 12.0 Å². The highest BCUT2D eigenvalue weighted by molar-refractivity contribution is 5.86. The Morgan fingerprint density at radius 3 is 2.40 bits per heavy atom. The summed E-state index contributed by atoms with van der Waals surface area (Å²) in [6.07, 6.45) is 2.77. The average Bonchev–Trinajstić information content (AvgIpc) is 2.94. The third-order valence-electron chi connectivity index (χ3n) is 4.08. The van der Waals surface area contributed by atoms with Crippen molar-refractivity contribution < 1.29 is 19.4 Å². The molecule has 1 rings (SSSR count). The van der Waals surface area contributed by atoms with E-state index in [0.29, 0.717) is 25.9 Å². The molecular formula is C14H26N2O4. The molecule has 1 aliphatic heterocycles. The van der Waals surface area contributed by atoms with Gasteiger partial charge in [0, 0.05) is 19.7 Å². The van der Waals surface area contributed by atoms with Gasteiger partial charge < -0.3 is 20.1 Å². The average molecular weight is 286 g/mol. The number of amides is 2. The first-order valence-electron chi connectivity index (χ1n) is 7.41. The summed E-state index contributed by atoms with van der Waals surface area (Å²) in [5, 5.41) is 12.0. The second kappa shape index (κ2) is 7.47. The first kappa shape index (κ1) is 16.8. The van der Waals surface area contributed by atoms with Crippen LogP contribution in [0, 0.1) is 0 Å². The van der Waals surface area contributed by atoms with Gasteiger partial charge in [0.05, 0.1) is 6.10 Å². The molecule has 2 N–H and O–H groups in total. The summed E-state index contributed by atoms with van der Waals surface area (Å²) in [7, 11) is 0. The topological polar surface area (TPSA) is 78.9 Å². The van der Waals surface area contributed by atoms with E-state index in [1.807, 2.05) is 6.92 Å². The smallest absolute Gasteiger partial charge is 0.329 e. The van der Waals surface area contributed by atoms with Crippen molar-refractivity contribution in [3.05, 3.63) is 0 Å². The third kappa shape index (κ3) is 3.85. The van der Waals surface area contributed by atoms with Gasteiger partial charge in [0.15, 0.2) is 0 Å². The van der Waals surface area contributed by atoms with Crippen LogP contribution in [0.1, 0.15) is 46.5 Å². The number of carboxylic acids is 1. The number of hydrogen-bond donors (Lipinski definition) is 2. The van der Waals surface area contributed by atoms with E-state index >= 15 is 0 Å². The number of urea groups is 1. The molecule has 20 heavy (non-hydrogen) atoms. The molecule has 2 amide bonds. The van der Waals surface area contributed by atoms with Crippen LogP contribution in [0.3, 0.4) is 0 Å². The number of nitrogens with zero attached hydrogens (tertiary/aromatic N) is 1. The molecule has 1 saturated heterocycles. The van der Waals surface area contributed by atoms with Crippen molar-refractivity contribution in [2.24, 2.45) is 0 Å². The molecule has 1 heterocycles. The normalized spacial score (nSPS) is 18.9. The van der Waals surface area contributed by atoms with Crippen molar-refractivity contribution in [2.75, 3.05) is 19.7 Å². The number of carbonyl (C=O) groups excluding carboxylic acids is 1. The summed E-state index contributed by atoms with van der Waals surface area (Å²) in [6.45, 7) is 7.23. The number of rotatable bonds is 7. The van der Waals surface area contributed by atoms with Crippen molar-refractivity contribution >= 4 is 12.0 Å². The quantitative estimate of drug-likeness (QED) is 0.748. The number of hydrogen-bond acceptors (Lipinski definition) is 3. The maximum Gasteiger partial charge on any atom is 0.329 e. The lowest BCUT2D eigenvalue weighted by atomic mass is 9.93. The maximum atomic E-state index is 12.3. The Morgan fingerprint density at radius 2 is 2.00 bits per heavy atom. The van der Waals surface area contributed by atoms with Crippen LogP contribution in [0.2, 0.25) is 0 Å². The summed E-state index contributed by atoms with van der Waals surface area (Å²) in [5.74, 6) is -0.982. The van der Waals surface area contributed by atoms with Gasteiger partial charge in [0.2, 0.25) is 0 Å². The zero-order chi connectivity index (χ0) is 15.2. The monoisotopic (exact) mass is 286 g/mol. The molecule has 0 aromatic rings. The van der Waals surface area contributed by atoms with Crippen LogP contribution >= 0.6 is 0 Å². The number of aliphatic carboxylic acids is 1.